The van der Waals surface area contributed by atoms with E-state index in [9.17, 15) is 31.5 Å². The number of halogens is 5. The van der Waals surface area contributed by atoms with E-state index in [4.69, 9.17) is 0 Å². The minimum atomic E-state index is -4.48. The summed E-state index contributed by atoms with van der Waals surface area (Å²) in [6.45, 7) is 1.64. The highest BCUT2D eigenvalue weighted by molar-refractivity contribution is 5.96. The van der Waals surface area contributed by atoms with Crippen molar-refractivity contribution in [1.29, 1.82) is 0 Å². The normalized spacial score (nSPS) is 21.4. The van der Waals surface area contributed by atoms with Crippen molar-refractivity contribution < 1.29 is 31.5 Å². The van der Waals surface area contributed by atoms with E-state index in [1.54, 1.807) is 11.6 Å². The second kappa shape index (κ2) is 8.14. The molecule has 2 aromatic heterocycles. The van der Waals surface area contributed by atoms with Gasteiger partial charge in [-0.1, -0.05) is 0 Å². The maximum Gasteiger partial charge on any atom is 0.394 e. The summed E-state index contributed by atoms with van der Waals surface area (Å²) >= 11 is 0. The maximum atomic E-state index is 13.1. The van der Waals surface area contributed by atoms with E-state index in [1.165, 1.54) is 29.4 Å². The van der Waals surface area contributed by atoms with Crippen LogP contribution in [0, 0.1) is 5.92 Å². The van der Waals surface area contributed by atoms with Gasteiger partial charge in [0.25, 0.3) is 6.43 Å². The van der Waals surface area contributed by atoms with Crippen LogP contribution in [0.25, 0.3) is 0 Å². The summed E-state index contributed by atoms with van der Waals surface area (Å²) in [5.41, 5.74) is 0.689. The molecule has 2 atom stereocenters. The molecule has 1 fully saturated rings. The fourth-order valence-electron chi connectivity index (χ4n) is 4.11. The van der Waals surface area contributed by atoms with Gasteiger partial charge in [-0.3, -0.25) is 19.3 Å². The first-order valence-corrected chi connectivity index (χ1v) is 9.98. The molecule has 32 heavy (non-hydrogen) atoms. The Morgan fingerprint density at radius 2 is 2.03 bits per heavy atom. The Morgan fingerprint density at radius 3 is 2.69 bits per heavy atom. The van der Waals surface area contributed by atoms with E-state index in [2.05, 4.69) is 10.1 Å². The van der Waals surface area contributed by atoms with Crippen LogP contribution in [0.3, 0.4) is 0 Å². The number of anilines is 1. The van der Waals surface area contributed by atoms with Crippen molar-refractivity contribution in [3.63, 3.8) is 0 Å². The van der Waals surface area contributed by atoms with Crippen molar-refractivity contribution in [3.8, 4) is 0 Å². The molecule has 1 unspecified atom stereocenters. The molecule has 0 N–H and O–H groups in total. The molecule has 2 aliphatic rings. The Bertz CT molecular complexity index is 1040. The molecule has 172 valence electrons. The van der Waals surface area contributed by atoms with Crippen molar-refractivity contribution in [2.45, 2.75) is 51.5 Å². The van der Waals surface area contributed by atoms with Crippen LogP contribution >= 0.6 is 0 Å². The number of fused-ring (bicyclic) bond motifs is 1. The monoisotopic (exact) mass is 457 g/mol. The van der Waals surface area contributed by atoms with E-state index in [0.29, 0.717) is 17.8 Å². The third-order valence-corrected chi connectivity index (χ3v) is 5.84. The molecule has 0 radical (unpaired) electrons. The molecule has 2 aliphatic heterocycles. The Balaban J connectivity index is 1.53. The third kappa shape index (κ3) is 4.17. The van der Waals surface area contributed by atoms with Crippen molar-refractivity contribution >= 4 is 17.5 Å². The Morgan fingerprint density at radius 1 is 1.28 bits per heavy atom. The number of hydrogen-bond donors (Lipinski definition) is 0. The number of pyridine rings is 1. The number of hydrogen-bond acceptors (Lipinski definition) is 4. The van der Waals surface area contributed by atoms with Crippen LogP contribution in [0.2, 0.25) is 0 Å². The van der Waals surface area contributed by atoms with Gasteiger partial charge in [-0.05, 0) is 24.6 Å². The second-order valence-electron chi connectivity index (χ2n) is 8.04. The Labute approximate surface area is 179 Å². The van der Waals surface area contributed by atoms with Gasteiger partial charge in [-0.25, -0.2) is 8.78 Å². The molecule has 0 saturated carbocycles. The summed E-state index contributed by atoms with van der Waals surface area (Å²) in [6, 6.07) is 2.37. The molecule has 12 heteroatoms. The predicted octanol–water partition coefficient (Wildman–Crippen LogP) is 3.10. The molecular weight excluding hydrogens is 437 g/mol. The fraction of sp³-hybridized carbons (Fsp3) is 0.500. The van der Waals surface area contributed by atoms with Crippen molar-refractivity contribution in [3.05, 3.63) is 41.5 Å². The van der Waals surface area contributed by atoms with Gasteiger partial charge in [0.1, 0.15) is 5.69 Å². The van der Waals surface area contributed by atoms with Gasteiger partial charge < -0.3 is 9.80 Å². The highest BCUT2D eigenvalue weighted by Gasteiger charge is 2.48. The molecule has 0 bridgehead atoms. The predicted molar refractivity (Wildman–Crippen MR) is 102 cm³/mol. The first-order chi connectivity index (χ1) is 15.0. The van der Waals surface area contributed by atoms with E-state index < -0.39 is 43.1 Å². The first kappa shape index (κ1) is 22.2. The van der Waals surface area contributed by atoms with Gasteiger partial charge in [-0.2, -0.15) is 18.3 Å². The van der Waals surface area contributed by atoms with E-state index in [-0.39, 0.29) is 30.6 Å². The number of alkyl halides is 5. The number of carbonyl (C=O) groups is 2. The zero-order valence-electron chi connectivity index (χ0n) is 17.0. The van der Waals surface area contributed by atoms with Crippen LogP contribution < -0.4 is 4.90 Å². The molecule has 4 heterocycles. The standard InChI is InChI=1S/C20H20F5N5O2/c1-11-8-30-16(15(7-27-30)29-9-13(6-18(29)32)20(23,24)25)10-28(11)17(31)5-12-2-3-26-14(4-12)19(21)22/h2-4,7,11,13,19H,5-6,8-10H2,1H3/t11-,13?/m0/s1. The largest absolute Gasteiger partial charge is 0.394 e. The fourth-order valence-corrected chi connectivity index (χ4v) is 4.11. The second-order valence-corrected chi connectivity index (χ2v) is 8.04. The summed E-state index contributed by atoms with van der Waals surface area (Å²) < 4.78 is 66.6. The zero-order chi connectivity index (χ0) is 23.2. The van der Waals surface area contributed by atoms with Crippen molar-refractivity contribution in [2.75, 3.05) is 11.4 Å². The third-order valence-electron chi connectivity index (χ3n) is 5.84. The van der Waals surface area contributed by atoms with E-state index >= 15 is 0 Å². The van der Waals surface area contributed by atoms with Gasteiger partial charge >= 0.3 is 6.18 Å². The molecule has 0 spiro atoms. The van der Waals surface area contributed by atoms with E-state index in [1.807, 2.05) is 0 Å². The van der Waals surface area contributed by atoms with Crippen molar-refractivity contribution in [1.82, 2.24) is 19.7 Å². The minimum Gasteiger partial charge on any atom is -0.332 e. The topological polar surface area (TPSA) is 71.3 Å². The summed E-state index contributed by atoms with van der Waals surface area (Å²) in [7, 11) is 0. The quantitative estimate of drug-likeness (QED) is 0.662. The SMILES string of the molecule is C[C@H]1Cn2ncc(N3CC(C(F)(F)F)CC3=O)c2CN1C(=O)Cc1ccnc(C(F)F)c1. The lowest BCUT2D eigenvalue weighted by Crippen LogP contribution is -2.46. The Kier molecular flexibility index (Phi) is 5.63. The summed E-state index contributed by atoms with van der Waals surface area (Å²) in [5, 5.41) is 4.19. The van der Waals surface area contributed by atoms with Gasteiger partial charge in [0.2, 0.25) is 11.8 Å². The van der Waals surface area contributed by atoms with Gasteiger partial charge in [-0.15, -0.1) is 0 Å². The lowest BCUT2D eigenvalue weighted by atomic mass is 10.1. The molecule has 1 saturated heterocycles. The summed E-state index contributed by atoms with van der Waals surface area (Å²) in [6.07, 6.45) is -5.42. The highest BCUT2D eigenvalue weighted by Crippen LogP contribution is 2.38. The molecule has 4 rings (SSSR count). The number of nitrogens with zero attached hydrogens (tertiary/aromatic N) is 5. The molecule has 0 aliphatic carbocycles. The van der Waals surface area contributed by atoms with E-state index in [0.717, 1.165) is 4.90 Å². The summed E-state index contributed by atoms with van der Waals surface area (Å²) in [4.78, 5) is 31.4. The number of carbonyl (C=O) groups excluding carboxylic acids is 2. The van der Waals surface area contributed by atoms with Gasteiger partial charge in [0.15, 0.2) is 0 Å². The Hall–Kier alpha value is -3.05. The zero-order valence-corrected chi connectivity index (χ0v) is 17.0. The average Bonchev–Trinajstić information content (AvgIpc) is 3.30. The van der Waals surface area contributed by atoms with Crippen LogP contribution in [-0.2, 0) is 29.1 Å². The molecule has 2 amide bonds. The van der Waals surface area contributed by atoms with Crippen LogP contribution in [0.1, 0.15) is 36.7 Å². The van der Waals surface area contributed by atoms with Gasteiger partial charge in [0.05, 0.1) is 43.0 Å². The lowest BCUT2D eigenvalue weighted by molar-refractivity contribution is -0.169. The number of aromatic nitrogens is 3. The maximum absolute atomic E-state index is 13.1. The van der Waals surface area contributed by atoms with Crippen LogP contribution in [0.15, 0.2) is 24.5 Å². The van der Waals surface area contributed by atoms with Crippen LogP contribution in [-0.4, -0.2) is 50.2 Å². The van der Waals surface area contributed by atoms with Crippen LogP contribution in [0.5, 0.6) is 0 Å². The molecule has 2 aromatic rings. The molecule has 0 aromatic carbocycles. The minimum absolute atomic E-state index is 0.0442. The average molecular weight is 457 g/mol. The van der Waals surface area contributed by atoms with Crippen molar-refractivity contribution in [2.24, 2.45) is 5.92 Å². The molecular formula is C20H20F5N5O2. The smallest absolute Gasteiger partial charge is 0.332 e. The number of amides is 2. The summed E-state index contributed by atoms with van der Waals surface area (Å²) in [5.74, 6) is -2.72. The lowest BCUT2D eigenvalue weighted by Gasteiger charge is -2.35. The highest BCUT2D eigenvalue weighted by atomic mass is 19.4. The van der Waals surface area contributed by atoms with Crippen LogP contribution in [0.4, 0.5) is 27.6 Å². The molecule has 7 nitrogen and oxygen atoms in total. The first-order valence-electron chi connectivity index (χ1n) is 9.98. The van der Waals surface area contributed by atoms with Gasteiger partial charge in [0, 0.05) is 25.2 Å². The number of rotatable bonds is 4.